The second kappa shape index (κ2) is 10.9. The number of unbranched alkanes of at least 4 members (excludes halogenated alkanes) is 1. The average molecular weight is 454 g/mol. The average Bonchev–Trinajstić information content (AvgIpc) is 2.78. The fourth-order valence-electron chi connectivity index (χ4n) is 3.99. The van der Waals surface area contributed by atoms with Crippen LogP contribution in [0.1, 0.15) is 25.3 Å². The Hall–Kier alpha value is -2.41. The predicted molar refractivity (Wildman–Crippen MR) is 135 cm³/mol. The molecule has 0 spiro atoms. The first-order valence-electron chi connectivity index (χ1n) is 11.2. The number of nitrogens with one attached hydrogen (secondary N) is 1. The molecule has 1 unspecified atom stereocenters. The topological polar surface area (TPSA) is 52.7 Å². The van der Waals surface area contributed by atoms with E-state index in [9.17, 15) is 8.42 Å². The van der Waals surface area contributed by atoms with Gasteiger partial charge < -0.3 is 9.80 Å². The largest absolute Gasteiger partial charge is 0.377 e. The van der Waals surface area contributed by atoms with Crippen LogP contribution < -0.4 is 9.62 Å². The highest BCUT2D eigenvalue weighted by Gasteiger charge is 2.18. The minimum Gasteiger partial charge on any atom is -0.377 e. The van der Waals surface area contributed by atoms with Gasteiger partial charge in [-0.3, -0.25) is 0 Å². The van der Waals surface area contributed by atoms with E-state index in [1.54, 1.807) is 6.07 Å². The molecule has 172 valence electrons. The maximum absolute atomic E-state index is 13.0. The molecule has 0 heterocycles. The summed E-state index contributed by atoms with van der Waals surface area (Å²) in [7, 11) is 2.49. The highest BCUT2D eigenvalue weighted by Crippen LogP contribution is 2.30. The summed E-state index contributed by atoms with van der Waals surface area (Å²) in [5.74, 6) is 0. The van der Waals surface area contributed by atoms with E-state index in [0.29, 0.717) is 17.5 Å². The van der Waals surface area contributed by atoms with Gasteiger partial charge in [-0.1, -0.05) is 54.6 Å². The fraction of sp³-hybridized carbons (Fsp3) is 0.385. The second-order valence-corrected chi connectivity index (χ2v) is 10.4. The molecule has 0 radical (unpaired) electrons. The van der Waals surface area contributed by atoms with Gasteiger partial charge in [0.25, 0.3) is 0 Å². The fourth-order valence-corrected chi connectivity index (χ4v) is 5.28. The van der Waals surface area contributed by atoms with Gasteiger partial charge in [0.15, 0.2) is 0 Å². The maximum Gasteiger partial charge on any atom is 0.241 e. The summed E-state index contributed by atoms with van der Waals surface area (Å²) in [4.78, 5) is 4.68. The molecule has 6 heteroatoms. The zero-order valence-electron chi connectivity index (χ0n) is 19.6. The van der Waals surface area contributed by atoms with Crippen molar-refractivity contribution in [3.05, 3.63) is 72.3 Å². The van der Waals surface area contributed by atoms with Crippen LogP contribution in [0.2, 0.25) is 0 Å². The van der Waals surface area contributed by atoms with Crippen molar-refractivity contribution < 1.29 is 8.42 Å². The molecule has 0 aliphatic heterocycles. The molecular weight excluding hydrogens is 418 g/mol. The molecule has 0 fully saturated rings. The summed E-state index contributed by atoms with van der Waals surface area (Å²) >= 11 is 0. The minimum absolute atomic E-state index is 0.340. The predicted octanol–water partition coefficient (Wildman–Crippen LogP) is 4.53. The summed E-state index contributed by atoms with van der Waals surface area (Å²) in [5.41, 5.74) is 2.35. The van der Waals surface area contributed by atoms with E-state index in [1.165, 1.54) is 5.56 Å². The Balaban J connectivity index is 1.53. The molecule has 0 saturated heterocycles. The first kappa shape index (κ1) is 24.2. The van der Waals surface area contributed by atoms with Crippen LogP contribution >= 0.6 is 0 Å². The first-order valence-corrected chi connectivity index (χ1v) is 12.7. The number of sulfonamides is 1. The van der Waals surface area contributed by atoms with Crippen LogP contribution in [0.3, 0.4) is 0 Å². The van der Waals surface area contributed by atoms with E-state index in [1.807, 2.05) is 55.4 Å². The van der Waals surface area contributed by atoms with Crippen molar-refractivity contribution in [1.29, 1.82) is 0 Å². The lowest BCUT2D eigenvalue weighted by atomic mass is 10.1. The minimum atomic E-state index is -3.57. The van der Waals surface area contributed by atoms with E-state index in [2.05, 4.69) is 47.9 Å². The molecule has 5 nitrogen and oxygen atoms in total. The van der Waals surface area contributed by atoms with Crippen LogP contribution in [0.15, 0.2) is 71.6 Å². The number of hydrogen-bond donors (Lipinski definition) is 1. The van der Waals surface area contributed by atoms with Crippen LogP contribution in [0.25, 0.3) is 10.8 Å². The maximum atomic E-state index is 13.0. The molecule has 3 aromatic rings. The zero-order chi connectivity index (χ0) is 23.1. The van der Waals surface area contributed by atoms with E-state index in [0.717, 1.165) is 42.3 Å². The first-order chi connectivity index (χ1) is 15.3. The van der Waals surface area contributed by atoms with Crippen molar-refractivity contribution in [3.8, 4) is 0 Å². The Bertz CT molecular complexity index is 1110. The molecule has 1 N–H and O–H groups in total. The van der Waals surface area contributed by atoms with Gasteiger partial charge in [-0.2, -0.15) is 0 Å². The van der Waals surface area contributed by atoms with Crippen LogP contribution in [0.4, 0.5) is 5.69 Å². The molecule has 3 aromatic carbocycles. The third kappa shape index (κ3) is 6.09. The van der Waals surface area contributed by atoms with E-state index in [-0.39, 0.29) is 0 Å². The molecule has 0 aromatic heterocycles. The van der Waals surface area contributed by atoms with Gasteiger partial charge in [0.1, 0.15) is 0 Å². The number of likely N-dealkylation sites (N-methyl/N-ethyl adjacent to an activating group) is 1. The third-order valence-electron chi connectivity index (χ3n) is 5.99. The Morgan fingerprint density at radius 3 is 2.25 bits per heavy atom. The molecule has 32 heavy (non-hydrogen) atoms. The number of hydrogen-bond acceptors (Lipinski definition) is 4. The summed E-state index contributed by atoms with van der Waals surface area (Å²) in [6.45, 7) is 3.61. The van der Waals surface area contributed by atoms with Crippen LogP contribution in [0, 0.1) is 0 Å². The van der Waals surface area contributed by atoms with Gasteiger partial charge >= 0.3 is 0 Å². The molecule has 0 amide bonds. The Kier molecular flexibility index (Phi) is 8.29. The van der Waals surface area contributed by atoms with Crippen molar-refractivity contribution in [2.24, 2.45) is 0 Å². The van der Waals surface area contributed by atoms with Gasteiger partial charge in [-0.15, -0.1) is 0 Å². The number of benzene rings is 3. The van der Waals surface area contributed by atoms with Gasteiger partial charge in [0.05, 0.1) is 4.90 Å². The van der Waals surface area contributed by atoms with Gasteiger partial charge in [0, 0.05) is 43.1 Å². The van der Waals surface area contributed by atoms with Crippen molar-refractivity contribution in [2.75, 3.05) is 39.1 Å². The molecule has 0 aliphatic rings. The lowest BCUT2D eigenvalue weighted by Gasteiger charge is -2.24. The Morgan fingerprint density at radius 1 is 0.844 bits per heavy atom. The smallest absolute Gasteiger partial charge is 0.241 e. The summed E-state index contributed by atoms with van der Waals surface area (Å²) in [6.07, 6.45) is 2.76. The van der Waals surface area contributed by atoms with Crippen molar-refractivity contribution >= 4 is 26.5 Å². The number of nitrogens with zero attached hydrogens (tertiary/aromatic N) is 2. The standard InChI is InChI=1S/C26H35N3O2S/c1-21(20-22-12-6-5-7-13-22)29(4)19-9-8-18-27-32(30,31)26-17-11-14-23-24(26)15-10-16-25(23)28(2)3/h5-7,10-17,21,27H,8-9,18-20H2,1-4H3. The lowest BCUT2D eigenvalue weighted by Crippen LogP contribution is -2.32. The van der Waals surface area contributed by atoms with Gasteiger partial charge in [-0.25, -0.2) is 13.1 Å². The highest BCUT2D eigenvalue weighted by atomic mass is 32.2. The molecule has 0 saturated carbocycles. The second-order valence-electron chi connectivity index (χ2n) is 8.65. The summed E-state index contributed by atoms with van der Waals surface area (Å²) < 4.78 is 28.8. The van der Waals surface area contributed by atoms with Crippen LogP contribution in [-0.4, -0.2) is 53.6 Å². The summed E-state index contributed by atoms with van der Waals surface area (Å²) in [5, 5.41) is 1.69. The van der Waals surface area contributed by atoms with Gasteiger partial charge in [0.2, 0.25) is 10.0 Å². The monoisotopic (exact) mass is 453 g/mol. The van der Waals surface area contributed by atoms with E-state index >= 15 is 0 Å². The van der Waals surface area contributed by atoms with E-state index < -0.39 is 10.0 Å². The lowest BCUT2D eigenvalue weighted by molar-refractivity contribution is 0.251. The molecule has 3 rings (SSSR count). The molecule has 0 aliphatic carbocycles. The van der Waals surface area contributed by atoms with Crippen molar-refractivity contribution in [2.45, 2.75) is 37.1 Å². The van der Waals surface area contributed by atoms with Crippen molar-refractivity contribution in [3.63, 3.8) is 0 Å². The number of rotatable bonds is 11. The number of fused-ring (bicyclic) bond motifs is 1. The SMILES string of the molecule is CC(Cc1ccccc1)N(C)CCCCNS(=O)(=O)c1cccc2c(N(C)C)cccc12. The zero-order valence-corrected chi connectivity index (χ0v) is 20.4. The highest BCUT2D eigenvalue weighted by molar-refractivity contribution is 7.89. The molecular formula is C26H35N3O2S. The van der Waals surface area contributed by atoms with Crippen LogP contribution in [-0.2, 0) is 16.4 Å². The third-order valence-corrected chi connectivity index (χ3v) is 7.51. The Morgan fingerprint density at radius 2 is 1.53 bits per heavy atom. The van der Waals surface area contributed by atoms with Crippen LogP contribution in [0.5, 0.6) is 0 Å². The Labute approximate surface area is 193 Å². The van der Waals surface area contributed by atoms with Gasteiger partial charge in [-0.05, 0) is 57.5 Å². The molecule has 0 bridgehead atoms. The normalized spacial score (nSPS) is 12.9. The van der Waals surface area contributed by atoms with E-state index in [4.69, 9.17) is 0 Å². The quantitative estimate of drug-likeness (QED) is 0.434. The molecule has 1 atom stereocenters. The van der Waals surface area contributed by atoms with Crippen molar-refractivity contribution in [1.82, 2.24) is 9.62 Å². The number of anilines is 1. The summed E-state index contributed by atoms with van der Waals surface area (Å²) in [6, 6.07) is 22.2.